The van der Waals surface area contributed by atoms with E-state index in [1.165, 1.54) is 5.56 Å². The van der Waals surface area contributed by atoms with Crippen LogP contribution in [0, 0.1) is 5.92 Å². The van der Waals surface area contributed by atoms with Crippen molar-refractivity contribution < 1.29 is 9.53 Å². The highest BCUT2D eigenvalue weighted by molar-refractivity contribution is 5.81. The zero-order chi connectivity index (χ0) is 16.8. The lowest BCUT2D eigenvalue weighted by molar-refractivity contribution is -0.120. The number of primary amides is 1. The van der Waals surface area contributed by atoms with Crippen LogP contribution in [0.1, 0.15) is 36.1 Å². The molecule has 126 valence electrons. The second-order valence-electron chi connectivity index (χ2n) is 6.26. The number of rotatable bonds is 6. The minimum absolute atomic E-state index is 0.0664. The van der Waals surface area contributed by atoms with E-state index in [1.807, 2.05) is 48.5 Å². The van der Waals surface area contributed by atoms with E-state index >= 15 is 0 Å². The maximum Gasteiger partial charge on any atom is 0.239 e. The van der Waals surface area contributed by atoms with Crippen molar-refractivity contribution in [3.05, 3.63) is 71.8 Å². The van der Waals surface area contributed by atoms with E-state index in [9.17, 15) is 4.79 Å². The third kappa shape index (κ3) is 4.02. The second kappa shape index (κ2) is 8.08. The molecule has 4 nitrogen and oxygen atoms in total. The highest BCUT2D eigenvalue weighted by Gasteiger charge is 2.28. The Hall–Kier alpha value is -2.17. The number of hydrogen-bond acceptors (Lipinski definition) is 3. The molecule has 1 saturated heterocycles. The predicted octanol–water partition coefficient (Wildman–Crippen LogP) is 2.97. The van der Waals surface area contributed by atoms with Crippen molar-refractivity contribution in [2.24, 2.45) is 11.7 Å². The third-order valence-corrected chi connectivity index (χ3v) is 4.57. The fraction of sp³-hybridized carbons (Fsp3) is 0.350. The Kier molecular flexibility index (Phi) is 5.62. The van der Waals surface area contributed by atoms with Gasteiger partial charge in [-0.25, -0.2) is 0 Å². The number of ether oxygens (including phenoxy) is 1. The minimum Gasteiger partial charge on any atom is -0.373 e. The zero-order valence-corrected chi connectivity index (χ0v) is 13.7. The van der Waals surface area contributed by atoms with Gasteiger partial charge in [0.25, 0.3) is 0 Å². The van der Waals surface area contributed by atoms with Crippen molar-refractivity contribution in [3.63, 3.8) is 0 Å². The Balaban J connectivity index is 1.70. The quantitative estimate of drug-likeness (QED) is 0.858. The van der Waals surface area contributed by atoms with E-state index in [-0.39, 0.29) is 12.0 Å². The fourth-order valence-corrected chi connectivity index (χ4v) is 3.36. The van der Waals surface area contributed by atoms with E-state index in [0.29, 0.717) is 12.5 Å². The normalized spacial score (nSPS) is 22.0. The number of hydrogen-bond donors (Lipinski definition) is 2. The van der Waals surface area contributed by atoms with Gasteiger partial charge in [-0.05, 0) is 24.0 Å². The number of nitrogens with two attached hydrogens (primary N) is 1. The Bertz CT molecular complexity index is 645. The van der Waals surface area contributed by atoms with Crippen LogP contribution in [0.4, 0.5) is 0 Å². The lowest BCUT2D eigenvalue weighted by Crippen LogP contribution is -2.39. The predicted molar refractivity (Wildman–Crippen MR) is 94.2 cm³/mol. The van der Waals surface area contributed by atoms with E-state index in [0.717, 1.165) is 25.0 Å². The molecule has 3 rings (SSSR count). The average Bonchev–Trinajstić information content (AvgIpc) is 2.64. The molecule has 2 aromatic carbocycles. The summed E-state index contributed by atoms with van der Waals surface area (Å²) in [4.78, 5) is 11.9. The van der Waals surface area contributed by atoms with Crippen molar-refractivity contribution >= 4 is 5.91 Å². The molecule has 3 N–H and O–H groups in total. The van der Waals surface area contributed by atoms with Crippen LogP contribution in [0.3, 0.4) is 0 Å². The molecule has 4 heteroatoms. The molecule has 0 saturated carbocycles. The first-order chi connectivity index (χ1) is 11.8. The molecular formula is C20H24N2O2. The van der Waals surface area contributed by atoms with Gasteiger partial charge < -0.3 is 15.8 Å². The van der Waals surface area contributed by atoms with Crippen molar-refractivity contribution in [1.82, 2.24) is 5.32 Å². The molecule has 1 aliphatic heterocycles. The summed E-state index contributed by atoms with van der Waals surface area (Å²) in [5.74, 6) is -0.0269. The van der Waals surface area contributed by atoms with Crippen LogP contribution in [0.15, 0.2) is 60.7 Å². The Morgan fingerprint density at radius 1 is 1.12 bits per heavy atom. The van der Waals surface area contributed by atoms with Crippen LogP contribution < -0.4 is 11.1 Å². The van der Waals surface area contributed by atoms with Crippen molar-refractivity contribution in [2.75, 3.05) is 13.2 Å². The molecule has 0 bridgehead atoms. The largest absolute Gasteiger partial charge is 0.373 e. The number of nitrogens with one attached hydrogen (secondary N) is 1. The van der Waals surface area contributed by atoms with Crippen LogP contribution in [0.25, 0.3) is 0 Å². The molecule has 1 amide bonds. The van der Waals surface area contributed by atoms with Gasteiger partial charge in [0, 0.05) is 19.1 Å². The summed E-state index contributed by atoms with van der Waals surface area (Å²) < 4.78 is 6.02. The molecule has 24 heavy (non-hydrogen) atoms. The number of amides is 1. The van der Waals surface area contributed by atoms with Gasteiger partial charge in [-0.3, -0.25) is 4.79 Å². The highest BCUT2D eigenvalue weighted by atomic mass is 16.5. The number of carbonyl (C=O) groups excluding carboxylic acids is 1. The molecule has 3 atom stereocenters. The average molecular weight is 324 g/mol. The van der Waals surface area contributed by atoms with Crippen LogP contribution >= 0.6 is 0 Å². The Morgan fingerprint density at radius 3 is 2.46 bits per heavy atom. The topological polar surface area (TPSA) is 64.4 Å². The first-order valence-electron chi connectivity index (χ1n) is 8.50. The Morgan fingerprint density at radius 2 is 1.79 bits per heavy atom. The van der Waals surface area contributed by atoms with Gasteiger partial charge in [0.15, 0.2) is 0 Å². The van der Waals surface area contributed by atoms with Gasteiger partial charge in [0.1, 0.15) is 6.04 Å². The van der Waals surface area contributed by atoms with E-state index in [1.54, 1.807) is 0 Å². The fourth-order valence-electron chi connectivity index (χ4n) is 3.36. The van der Waals surface area contributed by atoms with Crippen molar-refractivity contribution in [3.8, 4) is 0 Å². The second-order valence-corrected chi connectivity index (χ2v) is 6.26. The summed E-state index contributed by atoms with van der Waals surface area (Å²) in [6, 6.07) is 19.4. The summed E-state index contributed by atoms with van der Waals surface area (Å²) in [5.41, 5.74) is 7.69. The summed E-state index contributed by atoms with van der Waals surface area (Å²) in [6.45, 7) is 1.48. The molecule has 0 radical (unpaired) electrons. The van der Waals surface area contributed by atoms with Gasteiger partial charge in [-0.15, -0.1) is 0 Å². The SMILES string of the molecule is NC(=O)[C@H](NC[C@H]1CCCO[C@@H]1c1ccccc1)c1ccccc1. The molecule has 0 aromatic heterocycles. The molecule has 0 unspecified atom stereocenters. The summed E-state index contributed by atoms with van der Waals surface area (Å²) in [5, 5.41) is 3.35. The van der Waals surface area contributed by atoms with Gasteiger partial charge in [-0.1, -0.05) is 60.7 Å². The van der Waals surface area contributed by atoms with E-state index in [4.69, 9.17) is 10.5 Å². The van der Waals surface area contributed by atoms with Crippen molar-refractivity contribution in [2.45, 2.75) is 25.0 Å². The minimum atomic E-state index is -0.468. The standard InChI is InChI=1S/C20H24N2O2/c21-20(23)18(15-8-3-1-4-9-15)22-14-17-12-7-13-24-19(17)16-10-5-2-6-11-16/h1-6,8-11,17-19,22H,7,12-14H2,(H2,21,23)/t17-,18-,19-/m1/s1. The molecule has 0 spiro atoms. The molecule has 0 aliphatic carbocycles. The lowest BCUT2D eigenvalue weighted by atomic mass is 9.89. The zero-order valence-electron chi connectivity index (χ0n) is 13.7. The molecule has 1 fully saturated rings. The molecular weight excluding hydrogens is 300 g/mol. The van der Waals surface area contributed by atoms with Gasteiger partial charge >= 0.3 is 0 Å². The lowest BCUT2D eigenvalue weighted by Gasteiger charge is -2.33. The summed E-state index contributed by atoms with van der Waals surface area (Å²) in [6.07, 6.45) is 2.19. The first kappa shape index (κ1) is 16.7. The van der Waals surface area contributed by atoms with E-state index < -0.39 is 6.04 Å². The maximum absolute atomic E-state index is 11.9. The van der Waals surface area contributed by atoms with Gasteiger partial charge in [0.2, 0.25) is 5.91 Å². The van der Waals surface area contributed by atoms with Crippen LogP contribution in [-0.2, 0) is 9.53 Å². The molecule has 1 aliphatic rings. The van der Waals surface area contributed by atoms with Crippen LogP contribution in [0.2, 0.25) is 0 Å². The highest BCUT2D eigenvalue weighted by Crippen LogP contribution is 2.33. The summed E-state index contributed by atoms with van der Waals surface area (Å²) in [7, 11) is 0. The molecule has 1 heterocycles. The van der Waals surface area contributed by atoms with Crippen LogP contribution in [-0.4, -0.2) is 19.1 Å². The van der Waals surface area contributed by atoms with Crippen LogP contribution in [0.5, 0.6) is 0 Å². The maximum atomic E-state index is 11.9. The van der Waals surface area contributed by atoms with Gasteiger partial charge in [0.05, 0.1) is 6.10 Å². The number of benzene rings is 2. The van der Waals surface area contributed by atoms with Gasteiger partial charge in [-0.2, -0.15) is 0 Å². The summed E-state index contributed by atoms with van der Waals surface area (Å²) >= 11 is 0. The molecule has 2 aromatic rings. The first-order valence-corrected chi connectivity index (χ1v) is 8.50. The number of carbonyl (C=O) groups is 1. The monoisotopic (exact) mass is 324 g/mol. The van der Waals surface area contributed by atoms with Crippen molar-refractivity contribution in [1.29, 1.82) is 0 Å². The smallest absolute Gasteiger partial charge is 0.239 e. The van der Waals surface area contributed by atoms with E-state index in [2.05, 4.69) is 17.4 Å². The third-order valence-electron chi connectivity index (χ3n) is 4.57. The Labute approximate surface area is 143 Å².